The molecule has 0 aromatic heterocycles. The number of fused-ring (bicyclic) bond motifs is 1. The molecule has 0 bridgehead atoms. The lowest BCUT2D eigenvalue weighted by atomic mass is 9.84. The van der Waals surface area contributed by atoms with Gasteiger partial charge in [0.05, 0.1) is 6.42 Å². The first-order valence-electron chi connectivity index (χ1n) is 9.21. The topological polar surface area (TPSA) is 60.9 Å². The maximum atomic E-state index is 13.9. The highest BCUT2D eigenvalue weighted by molar-refractivity contribution is 7.86. The van der Waals surface area contributed by atoms with Crippen molar-refractivity contribution in [3.8, 4) is 0 Å². The lowest BCUT2D eigenvalue weighted by molar-refractivity contribution is -0.137. The second-order valence-corrected chi connectivity index (χ2v) is 9.66. The number of hydrogen-bond acceptors (Lipinski definition) is 3. The van der Waals surface area contributed by atoms with Crippen LogP contribution in [0, 0.1) is 23.4 Å². The van der Waals surface area contributed by atoms with Crippen LogP contribution in [0.4, 0.5) is 13.2 Å². The Morgan fingerprint density at radius 1 is 1.14 bits per heavy atom. The predicted molar refractivity (Wildman–Crippen MR) is 97.0 cm³/mol. The molecule has 0 unspecified atom stereocenters. The largest absolute Gasteiger partial charge is 0.339 e. The number of carbonyl (C=O) groups excluding carboxylic acids is 1. The Kier molecular flexibility index (Phi) is 6.02. The van der Waals surface area contributed by atoms with Crippen molar-refractivity contribution in [2.75, 3.05) is 33.7 Å². The van der Waals surface area contributed by atoms with Crippen molar-refractivity contribution in [1.29, 1.82) is 0 Å². The van der Waals surface area contributed by atoms with Crippen LogP contribution in [0.25, 0.3) is 0 Å². The Hall–Kier alpha value is -1.65. The van der Waals surface area contributed by atoms with Crippen molar-refractivity contribution in [2.24, 2.45) is 5.92 Å². The number of likely N-dealkylation sites (tertiary alicyclic amines) is 1. The quantitative estimate of drug-likeness (QED) is 0.747. The summed E-state index contributed by atoms with van der Waals surface area (Å²) >= 11 is 0. The molecule has 2 atom stereocenters. The summed E-state index contributed by atoms with van der Waals surface area (Å²) in [6, 6.07) is 0.964. The number of amides is 1. The highest BCUT2D eigenvalue weighted by Gasteiger charge is 2.41. The Labute approximate surface area is 163 Å². The van der Waals surface area contributed by atoms with Crippen LogP contribution in [-0.2, 0) is 21.4 Å². The van der Waals surface area contributed by atoms with Crippen LogP contribution in [0.3, 0.4) is 0 Å². The van der Waals surface area contributed by atoms with Gasteiger partial charge in [0.15, 0.2) is 0 Å². The van der Waals surface area contributed by atoms with E-state index in [0.29, 0.717) is 38.1 Å². The van der Waals surface area contributed by atoms with E-state index in [0.717, 1.165) is 6.42 Å². The molecule has 28 heavy (non-hydrogen) atoms. The number of hydrogen-bond donors (Lipinski definition) is 0. The fourth-order valence-corrected chi connectivity index (χ4v) is 5.29. The molecule has 156 valence electrons. The Balaban J connectivity index is 1.74. The van der Waals surface area contributed by atoms with Gasteiger partial charge in [-0.25, -0.2) is 13.2 Å². The van der Waals surface area contributed by atoms with Gasteiger partial charge in [-0.3, -0.25) is 4.79 Å². The maximum Gasteiger partial charge on any atom is 0.281 e. The van der Waals surface area contributed by atoms with E-state index < -0.39 is 45.6 Å². The maximum absolute atomic E-state index is 13.9. The van der Waals surface area contributed by atoms with Crippen molar-refractivity contribution < 1.29 is 26.4 Å². The Bertz CT molecular complexity index is 840. The third-order valence-corrected chi connectivity index (χ3v) is 7.48. The summed E-state index contributed by atoms with van der Waals surface area (Å²) in [6.45, 7) is 1.06. The summed E-state index contributed by atoms with van der Waals surface area (Å²) in [5, 5.41) is 0. The summed E-state index contributed by atoms with van der Waals surface area (Å²) in [4.78, 5) is 14.4. The number of carbonyl (C=O) groups is 1. The minimum Gasteiger partial charge on any atom is -0.339 e. The van der Waals surface area contributed by atoms with E-state index in [1.807, 2.05) is 0 Å². The molecular weight excluding hydrogens is 395 g/mol. The number of nitrogens with zero attached hydrogens (tertiary/aromatic N) is 3. The van der Waals surface area contributed by atoms with Crippen molar-refractivity contribution in [1.82, 2.24) is 13.5 Å². The lowest BCUT2D eigenvalue weighted by Crippen LogP contribution is -2.58. The number of benzene rings is 1. The second kappa shape index (κ2) is 8.00. The number of piperidine rings is 2. The minimum absolute atomic E-state index is 0.0240. The van der Waals surface area contributed by atoms with Crippen molar-refractivity contribution in [3.05, 3.63) is 35.1 Å². The zero-order valence-electron chi connectivity index (χ0n) is 15.9. The van der Waals surface area contributed by atoms with Crippen molar-refractivity contribution >= 4 is 16.1 Å². The van der Waals surface area contributed by atoms with Crippen LogP contribution in [0.1, 0.15) is 24.8 Å². The Morgan fingerprint density at radius 3 is 2.39 bits per heavy atom. The third-order valence-electron chi connectivity index (χ3n) is 5.57. The van der Waals surface area contributed by atoms with E-state index in [1.54, 1.807) is 4.90 Å². The average molecular weight is 419 g/mol. The second-order valence-electron chi connectivity index (χ2n) is 7.52. The molecule has 0 radical (unpaired) electrons. The van der Waals surface area contributed by atoms with Gasteiger partial charge in [0.25, 0.3) is 10.2 Å². The van der Waals surface area contributed by atoms with Gasteiger partial charge in [0.2, 0.25) is 5.91 Å². The zero-order chi connectivity index (χ0) is 20.6. The molecule has 2 heterocycles. The van der Waals surface area contributed by atoms with Gasteiger partial charge in [0, 0.05) is 57.5 Å². The zero-order valence-corrected chi connectivity index (χ0v) is 16.7. The van der Waals surface area contributed by atoms with Crippen LogP contribution in [-0.4, -0.2) is 67.6 Å². The Morgan fingerprint density at radius 2 is 1.79 bits per heavy atom. The number of halogens is 3. The molecule has 1 amide bonds. The van der Waals surface area contributed by atoms with E-state index in [4.69, 9.17) is 0 Å². The van der Waals surface area contributed by atoms with Gasteiger partial charge in [-0.2, -0.15) is 17.0 Å². The van der Waals surface area contributed by atoms with Gasteiger partial charge in [-0.05, 0) is 25.2 Å². The molecular formula is C18H24F3N3O3S. The molecule has 2 aliphatic rings. The van der Waals surface area contributed by atoms with Gasteiger partial charge in [-0.1, -0.05) is 0 Å². The molecule has 0 aliphatic carbocycles. The molecule has 0 saturated carbocycles. The summed E-state index contributed by atoms with van der Waals surface area (Å²) in [6.07, 6.45) is 1.46. The monoisotopic (exact) mass is 419 g/mol. The molecule has 3 rings (SSSR count). The minimum atomic E-state index is -3.52. The number of rotatable bonds is 4. The van der Waals surface area contributed by atoms with Crippen molar-refractivity contribution in [3.63, 3.8) is 0 Å². The molecule has 0 spiro atoms. The first-order valence-corrected chi connectivity index (χ1v) is 10.6. The van der Waals surface area contributed by atoms with Crippen LogP contribution >= 0.6 is 0 Å². The van der Waals surface area contributed by atoms with Gasteiger partial charge in [0.1, 0.15) is 17.5 Å². The van der Waals surface area contributed by atoms with E-state index in [9.17, 15) is 26.4 Å². The normalized spacial score (nSPS) is 23.7. The van der Waals surface area contributed by atoms with Crippen LogP contribution < -0.4 is 0 Å². The average Bonchev–Trinajstić information content (AvgIpc) is 2.63. The molecule has 6 nitrogen and oxygen atoms in total. The molecule has 2 fully saturated rings. The molecule has 2 aliphatic heterocycles. The standard InChI is InChI=1S/C18H24F3N3O3S/c1-22(2)28(26,27)23-7-5-17-12(11-23)4-3-6-24(17)18(25)10-14-15(20)8-13(19)9-16(14)21/h8-9,12,17H,3-7,10-11H2,1-2H3/t12-,17+/m0/s1. The van der Waals surface area contributed by atoms with Crippen molar-refractivity contribution in [2.45, 2.75) is 31.7 Å². The fraction of sp³-hybridized carbons (Fsp3) is 0.611. The van der Waals surface area contributed by atoms with E-state index >= 15 is 0 Å². The van der Waals surface area contributed by atoms with Crippen LogP contribution in [0.2, 0.25) is 0 Å². The summed E-state index contributed by atoms with van der Waals surface area (Å²) in [7, 11) is -0.571. The van der Waals surface area contributed by atoms with Gasteiger partial charge in [-0.15, -0.1) is 0 Å². The fourth-order valence-electron chi connectivity index (χ4n) is 4.11. The van der Waals surface area contributed by atoms with Gasteiger partial charge < -0.3 is 4.90 Å². The predicted octanol–water partition coefficient (Wildman–Crippen LogP) is 1.77. The first kappa shape index (κ1) is 21.1. The molecule has 0 N–H and O–H groups in total. The summed E-state index contributed by atoms with van der Waals surface area (Å²) in [5.41, 5.74) is -0.443. The van der Waals surface area contributed by atoms with Gasteiger partial charge >= 0.3 is 0 Å². The smallest absolute Gasteiger partial charge is 0.281 e. The molecule has 10 heteroatoms. The van der Waals surface area contributed by atoms with E-state index in [2.05, 4.69) is 0 Å². The summed E-state index contributed by atoms with van der Waals surface area (Å²) < 4.78 is 68.2. The molecule has 1 aromatic carbocycles. The first-order chi connectivity index (χ1) is 13.1. The molecule has 1 aromatic rings. The third kappa shape index (κ3) is 4.04. The SMILES string of the molecule is CN(C)S(=O)(=O)N1CC[C@@H]2[C@@H](CCCN2C(=O)Cc2c(F)cc(F)cc2F)C1. The van der Waals surface area contributed by atoms with Crippen LogP contribution in [0.15, 0.2) is 12.1 Å². The van der Waals surface area contributed by atoms with E-state index in [1.165, 1.54) is 22.7 Å². The summed E-state index contributed by atoms with van der Waals surface area (Å²) in [5.74, 6) is -3.64. The molecule has 2 saturated heterocycles. The van der Waals surface area contributed by atoms with Crippen LogP contribution in [0.5, 0.6) is 0 Å². The lowest BCUT2D eigenvalue weighted by Gasteiger charge is -2.47. The highest BCUT2D eigenvalue weighted by atomic mass is 32.2. The highest BCUT2D eigenvalue weighted by Crippen LogP contribution is 2.32. The van der Waals surface area contributed by atoms with E-state index in [-0.39, 0.29) is 18.5 Å².